The maximum absolute atomic E-state index is 12.8. The molecule has 1 unspecified atom stereocenters. The number of benzene rings is 1. The van der Waals surface area contributed by atoms with Crippen LogP contribution in [0.2, 0.25) is 0 Å². The number of carbonyl (C=O) groups is 1. The van der Waals surface area contributed by atoms with Gasteiger partial charge in [-0.25, -0.2) is 0 Å². The lowest BCUT2D eigenvalue weighted by Gasteiger charge is -2.35. The molecule has 1 N–H and O–H groups in total. The molecule has 1 aromatic heterocycles. The minimum atomic E-state index is -0.452. The van der Waals surface area contributed by atoms with Gasteiger partial charge in [-0.3, -0.25) is 24.5 Å². The summed E-state index contributed by atoms with van der Waals surface area (Å²) < 4.78 is 1.40. The molecule has 1 atom stereocenters. The summed E-state index contributed by atoms with van der Waals surface area (Å²) in [6.07, 6.45) is 0. The largest absolute Gasteiger partial charge is 0.346 e. The molecule has 2 heterocycles. The topological polar surface area (TPSA) is 96.5 Å². The van der Waals surface area contributed by atoms with Crippen molar-refractivity contribution < 1.29 is 9.72 Å². The van der Waals surface area contributed by atoms with E-state index in [-0.39, 0.29) is 24.2 Å². The lowest BCUT2D eigenvalue weighted by molar-refractivity contribution is -0.386. The van der Waals surface area contributed by atoms with Crippen LogP contribution in [0, 0.1) is 24.0 Å². The summed E-state index contributed by atoms with van der Waals surface area (Å²) in [5.74, 6) is -0.214. The third kappa shape index (κ3) is 5.18. The smallest absolute Gasteiger partial charge is 0.312 e. The van der Waals surface area contributed by atoms with Crippen LogP contribution in [0.25, 0.3) is 0 Å². The highest BCUT2D eigenvalue weighted by atomic mass is 16.6. The van der Waals surface area contributed by atoms with Crippen molar-refractivity contribution in [3.8, 4) is 0 Å². The van der Waals surface area contributed by atoms with Crippen LogP contribution in [0.1, 0.15) is 23.0 Å². The molecular formula is C20H28N6O3. The molecule has 9 heteroatoms. The van der Waals surface area contributed by atoms with Crippen LogP contribution in [0.5, 0.6) is 0 Å². The number of amides is 1. The molecule has 0 saturated carbocycles. The predicted octanol–water partition coefficient (Wildman–Crippen LogP) is 1.51. The van der Waals surface area contributed by atoms with Crippen LogP contribution >= 0.6 is 0 Å². The average Bonchev–Trinajstić information content (AvgIpc) is 2.96. The normalized spacial score (nSPS) is 16.5. The first-order valence-corrected chi connectivity index (χ1v) is 9.78. The van der Waals surface area contributed by atoms with E-state index in [1.165, 1.54) is 4.68 Å². The second-order valence-electron chi connectivity index (χ2n) is 7.57. The number of aromatic nitrogens is 2. The summed E-state index contributed by atoms with van der Waals surface area (Å²) in [7, 11) is 2.11. The number of hydrogen-bond acceptors (Lipinski definition) is 6. The van der Waals surface area contributed by atoms with E-state index >= 15 is 0 Å². The molecule has 9 nitrogen and oxygen atoms in total. The predicted molar refractivity (Wildman–Crippen MR) is 110 cm³/mol. The Hall–Kier alpha value is -2.78. The number of nitrogens with one attached hydrogen (secondary N) is 1. The van der Waals surface area contributed by atoms with Crippen molar-refractivity contribution >= 4 is 11.6 Å². The molecule has 1 amide bonds. The van der Waals surface area contributed by atoms with E-state index in [2.05, 4.69) is 27.3 Å². The number of nitrogens with zero attached hydrogens (tertiary/aromatic N) is 5. The number of likely N-dealkylation sites (N-methyl/N-ethyl adjacent to an activating group) is 1. The number of carbonyl (C=O) groups excluding carboxylic acids is 1. The van der Waals surface area contributed by atoms with E-state index in [9.17, 15) is 14.9 Å². The van der Waals surface area contributed by atoms with Crippen molar-refractivity contribution in [1.29, 1.82) is 0 Å². The first-order chi connectivity index (χ1) is 13.8. The number of hydrogen-bond donors (Lipinski definition) is 1. The molecule has 0 spiro atoms. The van der Waals surface area contributed by atoms with E-state index in [1.807, 2.05) is 30.3 Å². The molecule has 1 aliphatic heterocycles. The Balaban J connectivity index is 1.71. The highest BCUT2D eigenvalue weighted by Gasteiger charge is 2.25. The quantitative estimate of drug-likeness (QED) is 0.559. The lowest BCUT2D eigenvalue weighted by Crippen LogP contribution is -2.48. The van der Waals surface area contributed by atoms with Crippen molar-refractivity contribution in [2.75, 3.05) is 39.8 Å². The molecule has 1 fully saturated rings. The Morgan fingerprint density at radius 2 is 1.86 bits per heavy atom. The Morgan fingerprint density at radius 1 is 1.21 bits per heavy atom. The second-order valence-corrected chi connectivity index (χ2v) is 7.57. The summed E-state index contributed by atoms with van der Waals surface area (Å²) in [5.41, 5.74) is 1.71. The Kier molecular flexibility index (Phi) is 6.60. The highest BCUT2D eigenvalue weighted by molar-refractivity contribution is 5.76. The summed E-state index contributed by atoms with van der Waals surface area (Å²) in [5, 5.41) is 18.5. The van der Waals surface area contributed by atoms with Gasteiger partial charge in [-0.2, -0.15) is 5.10 Å². The number of rotatable bonds is 7. The number of nitro groups is 1. The van der Waals surface area contributed by atoms with Gasteiger partial charge in [0.1, 0.15) is 17.9 Å². The highest BCUT2D eigenvalue weighted by Crippen LogP contribution is 2.22. The molecule has 156 valence electrons. The van der Waals surface area contributed by atoms with Gasteiger partial charge in [0, 0.05) is 32.7 Å². The second kappa shape index (κ2) is 9.15. The average molecular weight is 400 g/mol. The fourth-order valence-electron chi connectivity index (χ4n) is 3.69. The van der Waals surface area contributed by atoms with Gasteiger partial charge in [-0.05, 0) is 26.5 Å². The van der Waals surface area contributed by atoms with E-state index in [4.69, 9.17) is 0 Å². The first-order valence-electron chi connectivity index (χ1n) is 9.78. The Morgan fingerprint density at radius 3 is 2.45 bits per heavy atom. The summed E-state index contributed by atoms with van der Waals surface area (Å²) in [6, 6.07) is 9.74. The molecular weight excluding hydrogens is 372 g/mol. The molecule has 1 aromatic carbocycles. The monoisotopic (exact) mass is 400 g/mol. The molecule has 0 bridgehead atoms. The van der Waals surface area contributed by atoms with Gasteiger partial charge in [-0.15, -0.1) is 0 Å². The van der Waals surface area contributed by atoms with Crippen LogP contribution in [0.3, 0.4) is 0 Å². The third-order valence-electron chi connectivity index (χ3n) is 5.39. The summed E-state index contributed by atoms with van der Waals surface area (Å²) >= 11 is 0. The van der Waals surface area contributed by atoms with Gasteiger partial charge in [0.05, 0.1) is 11.0 Å². The molecule has 1 saturated heterocycles. The minimum absolute atomic E-state index is 0.0326. The number of piperazine rings is 1. The molecule has 2 aromatic rings. The SMILES string of the molecule is Cc1nn(CC(=O)NC(CN2CCN(C)CC2)c2ccccc2)c(C)c1[N+](=O)[O-]. The zero-order valence-corrected chi connectivity index (χ0v) is 17.2. The molecule has 29 heavy (non-hydrogen) atoms. The Bertz CT molecular complexity index is 859. The van der Waals surface area contributed by atoms with Crippen molar-refractivity contribution in [2.24, 2.45) is 0 Å². The fourth-order valence-corrected chi connectivity index (χ4v) is 3.69. The van der Waals surface area contributed by atoms with Gasteiger partial charge < -0.3 is 10.2 Å². The molecule has 3 rings (SSSR count). The van der Waals surface area contributed by atoms with E-state index in [0.29, 0.717) is 11.4 Å². The van der Waals surface area contributed by atoms with Crippen LogP contribution in [0.15, 0.2) is 30.3 Å². The van der Waals surface area contributed by atoms with Gasteiger partial charge in [0.2, 0.25) is 5.91 Å². The van der Waals surface area contributed by atoms with Crippen LogP contribution in [-0.4, -0.2) is 70.2 Å². The van der Waals surface area contributed by atoms with Crippen molar-refractivity contribution in [3.63, 3.8) is 0 Å². The standard InChI is InChI=1S/C20H28N6O3/c1-15-20(26(28)29)16(2)25(22-15)14-19(27)21-18(17-7-5-4-6-8-17)13-24-11-9-23(3)10-12-24/h4-8,18H,9-14H2,1-3H3,(H,21,27). The zero-order chi connectivity index (χ0) is 21.0. The van der Waals surface area contributed by atoms with E-state index in [1.54, 1.807) is 13.8 Å². The fraction of sp³-hybridized carbons (Fsp3) is 0.500. The van der Waals surface area contributed by atoms with Gasteiger partial charge >= 0.3 is 5.69 Å². The molecule has 1 aliphatic rings. The zero-order valence-electron chi connectivity index (χ0n) is 17.2. The molecule has 0 aliphatic carbocycles. The van der Waals surface area contributed by atoms with E-state index < -0.39 is 4.92 Å². The van der Waals surface area contributed by atoms with E-state index in [0.717, 1.165) is 38.3 Å². The molecule has 0 radical (unpaired) electrons. The lowest BCUT2D eigenvalue weighted by atomic mass is 10.1. The van der Waals surface area contributed by atoms with Crippen molar-refractivity contribution in [2.45, 2.75) is 26.4 Å². The number of aryl methyl sites for hydroxylation is 1. The minimum Gasteiger partial charge on any atom is -0.346 e. The van der Waals surface area contributed by atoms with Crippen LogP contribution in [-0.2, 0) is 11.3 Å². The van der Waals surface area contributed by atoms with Crippen molar-refractivity contribution in [3.05, 3.63) is 57.4 Å². The third-order valence-corrected chi connectivity index (χ3v) is 5.39. The Labute approximate surface area is 170 Å². The van der Waals surface area contributed by atoms with Gasteiger partial charge in [0.25, 0.3) is 0 Å². The van der Waals surface area contributed by atoms with Crippen LogP contribution in [0.4, 0.5) is 5.69 Å². The maximum atomic E-state index is 12.8. The summed E-state index contributed by atoms with van der Waals surface area (Å²) in [4.78, 5) is 28.2. The van der Waals surface area contributed by atoms with Gasteiger partial charge in [0.15, 0.2) is 0 Å². The van der Waals surface area contributed by atoms with Crippen LogP contribution < -0.4 is 5.32 Å². The first kappa shape index (κ1) is 20.9. The maximum Gasteiger partial charge on any atom is 0.312 e. The summed E-state index contributed by atoms with van der Waals surface area (Å²) in [6.45, 7) is 7.80. The van der Waals surface area contributed by atoms with Gasteiger partial charge in [-0.1, -0.05) is 30.3 Å². The van der Waals surface area contributed by atoms with Crippen molar-refractivity contribution in [1.82, 2.24) is 24.9 Å².